The van der Waals surface area contributed by atoms with E-state index < -0.39 is 0 Å². The van der Waals surface area contributed by atoms with Crippen molar-refractivity contribution in [3.63, 3.8) is 0 Å². The fraction of sp³-hybridized carbons (Fsp3) is 0.0769. The van der Waals surface area contributed by atoms with Crippen molar-refractivity contribution in [2.45, 2.75) is 6.92 Å². The predicted octanol–water partition coefficient (Wildman–Crippen LogP) is 4.22. The van der Waals surface area contributed by atoms with Gasteiger partial charge >= 0.3 is 0 Å². The van der Waals surface area contributed by atoms with Gasteiger partial charge in [-0.15, -0.1) is 0 Å². The van der Waals surface area contributed by atoms with E-state index in [1.165, 1.54) is 6.07 Å². The summed E-state index contributed by atoms with van der Waals surface area (Å²) in [6.07, 6.45) is 0. The van der Waals surface area contributed by atoms with Crippen molar-refractivity contribution in [3.05, 3.63) is 52.3 Å². The van der Waals surface area contributed by atoms with Crippen LogP contribution in [-0.2, 0) is 0 Å². The highest BCUT2D eigenvalue weighted by Crippen LogP contribution is 2.27. The van der Waals surface area contributed by atoms with Gasteiger partial charge in [-0.05, 0) is 42.8 Å². The first-order valence-corrected chi connectivity index (χ1v) is 5.94. The minimum absolute atomic E-state index is 0.312. The van der Waals surface area contributed by atoms with Crippen molar-refractivity contribution in [2.24, 2.45) is 0 Å². The molecule has 0 radical (unpaired) electrons. The SMILES string of the molecule is Cc1ccc(Nc2cc(Br)ccc2F)c(N)c1. The maximum atomic E-state index is 13.5. The molecule has 0 amide bonds. The van der Waals surface area contributed by atoms with Gasteiger partial charge in [-0.1, -0.05) is 22.0 Å². The predicted molar refractivity (Wildman–Crippen MR) is 73.0 cm³/mol. The molecule has 0 aliphatic heterocycles. The molecule has 0 bridgehead atoms. The molecule has 2 aromatic rings. The van der Waals surface area contributed by atoms with Crippen LogP contribution in [0.5, 0.6) is 0 Å². The summed E-state index contributed by atoms with van der Waals surface area (Å²) in [6, 6.07) is 10.3. The van der Waals surface area contributed by atoms with Gasteiger partial charge in [0.1, 0.15) is 5.82 Å². The van der Waals surface area contributed by atoms with Gasteiger partial charge < -0.3 is 11.1 Å². The fourth-order valence-electron chi connectivity index (χ4n) is 1.53. The number of nitrogen functional groups attached to an aromatic ring is 1. The monoisotopic (exact) mass is 294 g/mol. The number of hydrogen-bond donors (Lipinski definition) is 2. The minimum atomic E-state index is -0.312. The molecule has 0 aliphatic carbocycles. The van der Waals surface area contributed by atoms with Crippen molar-refractivity contribution in [1.82, 2.24) is 0 Å². The molecule has 2 nitrogen and oxygen atoms in total. The van der Waals surface area contributed by atoms with Crippen molar-refractivity contribution in [3.8, 4) is 0 Å². The van der Waals surface area contributed by atoms with Crippen molar-refractivity contribution in [1.29, 1.82) is 0 Å². The fourth-order valence-corrected chi connectivity index (χ4v) is 1.90. The van der Waals surface area contributed by atoms with Crippen LogP contribution in [0.3, 0.4) is 0 Å². The average Bonchev–Trinajstić information content (AvgIpc) is 2.27. The third-order valence-corrected chi connectivity index (χ3v) is 2.90. The van der Waals surface area contributed by atoms with Crippen LogP contribution in [0, 0.1) is 12.7 Å². The van der Waals surface area contributed by atoms with E-state index in [4.69, 9.17) is 5.73 Å². The molecular formula is C13H12BrFN2. The Morgan fingerprint density at radius 1 is 1.12 bits per heavy atom. The summed E-state index contributed by atoms with van der Waals surface area (Å²) < 4.78 is 14.4. The van der Waals surface area contributed by atoms with Crippen molar-refractivity contribution in [2.75, 3.05) is 11.1 Å². The van der Waals surface area contributed by atoms with E-state index in [1.807, 2.05) is 25.1 Å². The maximum Gasteiger partial charge on any atom is 0.146 e. The van der Waals surface area contributed by atoms with E-state index in [9.17, 15) is 4.39 Å². The summed E-state index contributed by atoms with van der Waals surface area (Å²) in [6.45, 7) is 1.96. The lowest BCUT2D eigenvalue weighted by atomic mass is 10.2. The molecule has 0 saturated carbocycles. The Balaban J connectivity index is 2.34. The zero-order valence-electron chi connectivity index (χ0n) is 9.30. The molecule has 2 rings (SSSR count). The molecule has 2 aromatic carbocycles. The van der Waals surface area contributed by atoms with Crippen LogP contribution < -0.4 is 11.1 Å². The summed E-state index contributed by atoms with van der Waals surface area (Å²) >= 11 is 3.30. The number of halogens is 2. The second kappa shape index (κ2) is 4.75. The molecule has 0 atom stereocenters. The second-order valence-corrected chi connectivity index (χ2v) is 4.76. The highest BCUT2D eigenvalue weighted by Gasteiger charge is 2.05. The van der Waals surface area contributed by atoms with E-state index in [2.05, 4.69) is 21.2 Å². The van der Waals surface area contributed by atoms with Gasteiger partial charge in [-0.25, -0.2) is 4.39 Å². The van der Waals surface area contributed by atoms with E-state index in [0.29, 0.717) is 17.1 Å². The highest BCUT2D eigenvalue weighted by molar-refractivity contribution is 9.10. The molecule has 0 spiro atoms. The molecule has 0 aliphatic rings. The van der Waals surface area contributed by atoms with Gasteiger partial charge in [-0.2, -0.15) is 0 Å². The lowest BCUT2D eigenvalue weighted by Gasteiger charge is -2.11. The lowest BCUT2D eigenvalue weighted by Crippen LogP contribution is -1.98. The van der Waals surface area contributed by atoms with Gasteiger partial charge in [-0.3, -0.25) is 0 Å². The number of aryl methyl sites for hydroxylation is 1. The molecular weight excluding hydrogens is 283 g/mol. The second-order valence-electron chi connectivity index (χ2n) is 3.84. The van der Waals surface area contributed by atoms with Crippen LogP contribution in [0.25, 0.3) is 0 Å². The molecule has 4 heteroatoms. The first kappa shape index (κ1) is 11.9. The van der Waals surface area contributed by atoms with Gasteiger partial charge in [0.05, 0.1) is 17.1 Å². The summed E-state index contributed by atoms with van der Waals surface area (Å²) in [4.78, 5) is 0. The van der Waals surface area contributed by atoms with Crippen LogP contribution in [0.1, 0.15) is 5.56 Å². The number of nitrogens with one attached hydrogen (secondary N) is 1. The lowest BCUT2D eigenvalue weighted by molar-refractivity contribution is 0.631. The summed E-state index contributed by atoms with van der Waals surface area (Å²) in [5.74, 6) is -0.312. The summed E-state index contributed by atoms with van der Waals surface area (Å²) in [7, 11) is 0. The maximum absolute atomic E-state index is 13.5. The molecule has 17 heavy (non-hydrogen) atoms. The topological polar surface area (TPSA) is 38.0 Å². The van der Waals surface area contributed by atoms with Gasteiger partial charge in [0.25, 0.3) is 0 Å². The zero-order valence-corrected chi connectivity index (χ0v) is 10.9. The van der Waals surface area contributed by atoms with E-state index in [1.54, 1.807) is 12.1 Å². The van der Waals surface area contributed by atoms with Crippen LogP contribution in [0.15, 0.2) is 40.9 Å². The molecule has 0 fully saturated rings. The molecule has 0 heterocycles. The minimum Gasteiger partial charge on any atom is -0.397 e. The molecule has 88 valence electrons. The Kier molecular flexibility index (Phi) is 3.33. The Morgan fingerprint density at radius 3 is 2.59 bits per heavy atom. The van der Waals surface area contributed by atoms with Crippen LogP contribution in [0.2, 0.25) is 0 Å². The number of anilines is 3. The van der Waals surface area contributed by atoms with Gasteiger partial charge in [0.15, 0.2) is 0 Å². The zero-order chi connectivity index (χ0) is 12.4. The Morgan fingerprint density at radius 2 is 1.88 bits per heavy atom. The number of rotatable bonds is 2. The van der Waals surface area contributed by atoms with Crippen molar-refractivity contribution < 1.29 is 4.39 Å². The average molecular weight is 295 g/mol. The van der Waals surface area contributed by atoms with Gasteiger partial charge in [0, 0.05) is 4.47 Å². The Bertz CT molecular complexity index is 555. The van der Waals surface area contributed by atoms with E-state index in [-0.39, 0.29) is 5.82 Å². The highest BCUT2D eigenvalue weighted by atomic mass is 79.9. The smallest absolute Gasteiger partial charge is 0.146 e. The first-order valence-electron chi connectivity index (χ1n) is 5.14. The Hall–Kier alpha value is -1.55. The number of benzene rings is 2. The Labute approximate surface area is 108 Å². The third-order valence-electron chi connectivity index (χ3n) is 2.40. The quantitative estimate of drug-likeness (QED) is 0.814. The molecule has 3 N–H and O–H groups in total. The van der Waals surface area contributed by atoms with Crippen molar-refractivity contribution >= 4 is 33.0 Å². The van der Waals surface area contributed by atoms with Crippen LogP contribution >= 0.6 is 15.9 Å². The van der Waals surface area contributed by atoms with E-state index >= 15 is 0 Å². The summed E-state index contributed by atoms with van der Waals surface area (Å²) in [5, 5.41) is 2.98. The molecule has 0 saturated heterocycles. The van der Waals surface area contributed by atoms with Crippen LogP contribution in [-0.4, -0.2) is 0 Å². The van der Waals surface area contributed by atoms with E-state index in [0.717, 1.165) is 10.0 Å². The van der Waals surface area contributed by atoms with Crippen LogP contribution in [0.4, 0.5) is 21.5 Å². The molecule has 0 unspecified atom stereocenters. The molecule has 0 aromatic heterocycles. The number of nitrogens with two attached hydrogens (primary N) is 1. The summed E-state index contributed by atoms with van der Waals surface area (Å²) in [5.41, 5.74) is 8.63. The van der Waals surface area contributed by atoms with Gasteiger partial charge in [0.2, 0.25) is 0 Å². The third kappa shape index (κ3) is 2.77. The largest absolute Gasteiger partial charge is 0.397 e. The number of hydrogen-bond acceptors (Lipinski definition) is 2. The normalized spacial score (nSPS) is 10.3. The first-order chi connectivity index (χ1) is 8.06. The standard InChI is InChI=1S/C13H12BrFN2/c1-8-2-5-12(11(16)6-8)17-13-7-9(14)3-4-10(13)15/h2-7,17H,16H2,1H3.